The van der Waals surface area contributed by atoms with Gasteiger partial charge in [-0.25, -0.2) is 8.78 Å². The Hall–Kier alpha value is -2.04. The molecule has 0 saturated carbocycles. The molecule has 118 valence electrons. The van der Waals surface area contributed by atoms with Gasteiger partial charge in [0.2, 0.25) is 0 Å². The van der Waals surface area contributed by atoms with Crippen LogP contribution in [0.4, 0.5) is 17.6 Å². The maximum absolute atomic E-state index is 14.1. The van der Waals surface area contributed by atoms with Crippen molar-refractivity contribution in [2.24, 2.45) is 0 Å². The summed E-state index contributed by atoms with van der Waals surface area (Å²) in [6, 6.07) is 7.19. The monoisotopic (exact) mass is 312 g/mol. The van der Waals surface area contributed by atoms with E-state index >= 15 is 0 Å². The van der Waals surface area contributed by atoms with E-state index in [1.54, 1.807) is 12.1 Å². The lowest BCUT2D eigenvalue weighted by Gasteiger charge is -2.19. The number of rotatable bonds is 5. The summed E-state index contributed by atoms with van der Waals surface area (Å²) in [5.74, 6) is -2.41. The van der Waals surface area contributed by atoms with Gasteiger partial charge in [-0.15, -0.1) is 0 Å². The van der Waals surface area contributed by atoms with Crippen LogP contribution in [0.15, 0.2) is 36.4 Å². The highest BCUT2D eigenvalue weighted by molar-refractivity contribution is 5.31. The first-order valence-electron chi connectivity index (χ1n) is 6.95. The summed E-state index contributed by atoms with van der Waals surface area (Å²) >= 11 is 0. The molecule has 0 aliphatic heterocycles. The van der Waals surface area contributed by atoms with Crippen LogP contribution in [-0.4, -0.2) is 0 Å². The van der Waals surface area contributed by atoms with E-state index in [9.17, 15) is 17.6 Å². The standard InChI is InChI=1S/C17H16F4O/c1-3-4-12-5-7-13(8-6-12)17(20,21)22-14-9-15(18)11(2)16(19)10-14/h5-10H,3-4H2,1-2H3. The van der Waals surface area contributed by atoms with Crippen molar-refractivity contribution >= 4 is 0 Å². The minimum Gasteiger partial charge on any atom is -0.429 e. The number of benzene rings is 2. The molecule has 5 heteroatoms. The molecule has 2 aromatic rings. The van der Waals surface area contributed by atoms with Gasteiger partial charge in [0.25, 0.3) is 0 Å². The lowest BCUT2D eigenvalue weighted by molar-refractivity contribution is -0.185. The van der Waals surface area contributed by atoms with Crippen LogP contribution < -0.4 is 4.74 Å². The highest BCUT2D eigenvalue weighted by atomic mass is 19.3. The van der Waals surface area contributed by atoms with Crippen molar-refractivity contribution < 1.29 is 22.3 Å². The van der Waals surface area contributed by atoms with Gasteiger partial charge in [-0.05, 0) is 31.0 Å². The Morgan fingerprint density at radius 1 is 1.00 bits per heavy atom. The van der Waals surface area contributed by atoms with E-state index in [-0.39, 0.29) is 11.1 Å². The maximum Gasteiger partial charge on any atom is 0.426 e. The van der Waals surface area contributed by atoms with Crippen LogP contribution in [0.1, 0.15) is 30.0 Å². The molecule has 0 N–H and O–H groups in total. The molecule has 0 aliphatic carbocycles. The van der Waals surface area contributed by atoms with Crippen molar-refractivity contribution in [2.45, 2.75) is 32.8 Å². The lowest BCUT2D eigenvalue weighted by Crippen LogP contribution is -2.22. The first-order valence-corrected chi connectivity index (χ1v) is 6.95. The number of aryl methyl sites for hydroxylation is 1. The molecule has 22 heavy (non-hydrogen) atoms. The van der Waals surface area contributed by atoms with Crippen LogP contribution in [0.5, 0.6) is 5.75 Å². The summed E-state index contributed by atoms with van der Waals surface area (Å²) in [6.07, 6.45) is -1.96. The minimum absolute atomic E-state index is 0.236. The van der Waals surface area contributed by atoms with Crippen molar-refractivity contribution in [3.8, 4) is 5.75 Å². The quantitative estimate of drug-likeness (QED) is 0.676. The number of halogens is 4. The summed E-state index contributed by atoms with van der Waals surface area (Å²) < 4.78 is 59.4. The zero-order valence-corrected chi connectivity index (χ0v) is 12.3. The fourth-order valence-electron chi connectivity index (χ4n) is 2.04. The van der Waals surface area contributed by atoms with E-state index in [0.29, 0.717) is 0 Å². The Labute approximate surface area is 126 Å². The number of hydrogen-bond donors (Lipinski definition) is 0. The van der Waals surface area contributed by atoms with Crippen molar-refractivity contribution in [1.29, 1.82) is 0 Å². The van der Waals surface area contributed by atoms with E-state index in [4.69, 9.17) is 0 Å². The van der Waals surface area contributed by atoms with Gasteiger partial charge in [0, 0.05) is 17.7 Å². The van der Waals surface area contributed by atoms with Crippen molar-refractivity contribution in [2.75, 3.05) is 0 Å². The topological polar surface area (TPSA) is 9.23 Å². The smallest absolute Gasteiger partial charge is 0.426 e. The fourth-order valence-corrected chi connectivity index (χ4v) is 2.04. The normalized spacial score (nSPS) is 11.5. The van der Waals surface area contributed by atoms with E-state index in [0.717, 1.165) is 30.5 Å². The van der Waals surface area contributed by atoms with Crippen molar-refractivity contribution in [1.82, 2.24) is 0 Å². The molecule has 0 atom stereocenters. The Kier molecular flexibility index (Phi) is 4.74. The summed E-state index contributed by atoms with van der Waals surface area (Å²) in [7, 11) is 0. The molecule has 0 bridgehead atoms. The third kappa shape index (κ3) is 3.59. The highest BCUT2D eigenvalue weighted by Crippen LogP contribution is 2.33. The van der Waals surface area contributed by atoms with Gasteiger partial charge in [0.05, 0.1) is 5.56 Å². The molecule has 2 aromatic carbocycles. The van der Waals surface area contributed by atoms with Crippen molar-refractivity contribution in [3.05, 3.63) is 64.7 Å². The lowest BCUT2D eigenvalue weighted by atomic mass is 10.1. The molecular weight excluding hydrogens is 296 g/mol. The van der Waals surface area contributed by atoms with E-state index in [1.807, 2.05) is 6.92 Å². The molecule has 0 fully saturated rings. The maximum atomic E-state index is 14.1. The predicted octanol–water partition coefficient (Wildman–Crippen LogP) is 5.35. The molecule has 1 nitrogen and oxygen atoms in total. The van der Waals surface area contributed by atoms with E-state index in [1.165, 1.54) is 19.1 Å². The molecule has 0 saturated heterocycles. The Morgan fingerprint density at radius 3 is 2.05 bits per heavy atom. The fraction of sp³-hybridized carbons (Fsp3) is 0.294. The molecule has 0 amide bonds. The van der Waals surface area contributed by atoms with E-state index < -0.39 is 23.5 Å². The largest absolute Gasteiger partial charge is 0.429 e. The minimum atomic E-state index is -3.67. The average molecular weight is 312 g/mol. The average Bonchev–Trinajstić information content (AvgIpc) is 2.45. The summed E-state index contributed by atoms with van der Waals surface area (Å²) in [6.45, 7) is 3.21. The second kappa shape index (κ2) is 6.38. The number of hydrogen-bond acceptors (Lipinski definition) is 1. The Morgan fingerprint density at radius 2 is 1.55 bits per heavy atom. The highest BCUT2D eigenvalue weighted by Gasteiger charge is 2.34. The molecule has 0 aliphatic rings. The van der Waals surface area contributed by atoms with Crippen LogP contribution in [-0.2, 0) is 12.5 Å². The first kappa shape index (κ1) is 16.3. The van der Waals surface area contributed by atoms with Crippen LogP contribution in [0.2, 0.25) is 0 Å². The van der Waals surface area contributed by atoms with E-state index in [2.05, 4.69) is 4.74 Å². The van der Waals surface area contributed by atoms with Gasteiger partial charge in [-0.1, -0.05) is 25.5 Å². The van der Waals surface area contributed by atoms with Gasteiger partial charge < -0.3 is 4.74 Å². The van der Waals surface area contributed by atoms with Gasteiger partial charge in [0.15, 0.2) is 0 Å². The van der Waals surface area contributed by atoms with Crippen molar-refractivity contribution in [3.63, 3.8) is 0 Å². The molecule has 0 radical (unpaired) electrons. The van der Waals surface area contributed by atoms with Gasteiger partial charge in [-0.2, -0.15) is 8.78 Å². The Balaban J connectivity index is 2.23. The summed E-state index contributed by atoms with van der Waals surface area (Å²) in [5.41, 5.74) is 0.336. The number of ether oxygens (including phenoxy) is 1. The zero-order chi connectivity index (χ0) is 16.3. The zero-order valence-electron chi connectivity index (χ0n) is 12.3. The molecule has 2 rings (SSSR count). The molecule has 0 spiro atoms. The molecular formula is C17H16F4O. The van der Waals surface area contributed by atoms with Crippen LogP contribution in [0.25, 0.3) is 0 Å². The third-order valence-electron chi connectivity index (χ3n) is 3.33. The predicted molar refractivity (Wildman–Crippen MR) is 76.1 cm³/mol. The second-order valence-corrected chi connectivity index (χ2v) is 5.08. The summed E-state index contributed by atoms with van der Waals surface area (Å²) in [4.78, 5) is 0. The van der Waals surface area contributed by atoms with Gasteiger partial charge >= 0.3 is 6.11 Å². The molecule has 0 aromatic heterocycles. The summed E-state index contributed by atoms with van der Waals surface area (Å²) in [5, 5.41) is 0. The van der Waals surface area contributed by atoms with Gasteiger partial charge in [0.1, 0.15) is 17.4 Å². The van der Waals surface area contributed by atoms with Crippen LogP contribution in [0, 0.1) is 18.6 Å². The second-order valence-electron chi connectivity index (χ2n) is 5.08. The van der Waals surface area contributed by atoms with Crippen LogP contribution in [0.3, 0.4) is 0 Å². The first-order chi connectivity index (χ1) is 10.3. The number of alkyl halides is 2. The molecule has 0 heterocycles. The third-order valence-corrected chi connectivity index (χ3v) is 3.33. The van der Waals surface area contributed by atoms with Gasteiger partial charge in [-0.3, -0.25) is 0 Å². The molecule has 0 unspecified atom stereocenters. The van der Waals surface area contributed by atoms with Crippen LogP contribution >= 0.6 is 0 Å². The SMILES string of the molecule is CCCc1ccc(C(F)(F)Oc2cc(F)c(C)c(F)c2)cc1. The Bertz CT molecular complexity index is 627.